The molecule has 4 atom stereocenters. The molecular formula is C26H33ClFN3O3. The Morgan fingerprint density at radius 1 is 1.29 bits per heavy atom. The van der Waals surface area contributed by atoms with Crippen molar-refractivity contribution in [1.82, 2.24) is 9.88 Å². The van der Waals surface area contributed by atoms with Gasteiger partial charge in [-0.05, 0) is 88.2 Å². The molecule has 0 bridgehead atoms. The fourth-order valence-electron chi connectivity index (χ4n) is 5.68. The van der Waals surface area contributed by atoms with E-state index in [-0.39, 0.29) is 23.3 Å². The average molecular weight is 490 g/mol. The number of fused-ring (bicyclic) bond motifs is 1. The molecule has 5 rings (SSSR count). The summed E-state index contributed by atoms with van der Waals surface area (Å²) in [7, 11) is 0. The molecule has 3 aliphatic rings. The molecule has 2 saturated heterocycles. The summed E-state index contributed by atoms with van der Waals surface area (Å²) in [5.41, 5.74) is -0.568. The van der Waals surface area contributed by atoms with E-state index in [2.05, 4.69) is 28.2 Å². The first-order valence-corrected chi connectivity index (χ1v) is 12.5. The van der Waals surface area contributed by atoms with Gasteiger partial charge in [-0.1, -0.05) is 11.6 Å². The molecule has 0 spiro atoms. The van der Waals surface area contributed by atoms with Crippen LogP contribution in [0.5, 0.6) is 0 Å². The van der Waals surface area contributed by atoms with Crippen LogP contribution in [-0.2, 0) is 9.53 Å². The number of aliphatic hydroxyl groups is 1. The van der Waals surface area contributed by atoms with Crippen molar-refractivity contribution >= 4 is 34.1 Å². The summed E-state index contributed by atoms with van der Waals surface area (Å²) in [5, 5.41) is 15.9. The third-order valence-corrected chi connectivity index (χ3v) is 8.47. The number of halogens is 2. The molecule has 1 aromatic heterocycles. The van der Waals surface area contributed by atoms with E-state index in [4.69, 9.17) is 16.3 Å². The predicted molar refractivity (Wildman–Crippen MR) is 131 cm³/mol. The number of nitrogens with zero attached hydrogens (tertiary/aromatic N) is 2. The number of amides is 1. The second-order valence-corrected chi connectivity index (χ2v) is 11.3. The van der Waals surface area contributed by atoms with E-state index in [0.717, 1.165) is 47.3 Å². The number of ether oxygens (including phenoxy) is 1. The summed E-state index contributed by atoms with van der Waals surface area (Å²) in [5.74, 6) is 0.0979. The van der Waals surface area contributed by atoms with Crippen molar-refractivity contribution in [3.05, 3.63) is 35.0 Å². The van der Waals surface area contributed by atoms with Crippen LogP contribution < -0.4 is 5.32 Å². The summed E-state index contributed by atoms with van der Waals surface area (Å²) in [4.78, 5) is 19.3. The molecular weight excluding hydrogens is 457 g/mol. The first kappa shape index (κ1) is 23.9. The highest BCUT2D eigenvalue weighted by Crippen LogP contribution is 2.48. The number of pyridine rings is 1. The number of carbonyl (C=O) groups is 1. The number of rotatable bonds is 5. The smallest absolute Gasteiger partial charge is 0.229 e. The molecule has 184 valence electrons. The highest BCUT2D eigenvalue weighted by molar-refractivity contribution is 6.32. The summed E-state index contributed by atoms with van der Waals surface area (Å²) in [6, 6.07) is 5.91. The van der Waals surface area contributed by atoms with Gasteiger partial charge in [0.15, 0.2) is 0 Å². The number of piperidine rings is 1. The van der Waals surface area contributed by atoms with Crippen molar-refractivity contribution in [1.29, 1.82) is 0 Å². The molecule has 3 fully saturated rings. The number of aliphatic hydroxyl groups excluding tert-OH is 1. The molecule has 2 N–H and O–H groups in total. The van der Waals surface area contributed by atoms with Crippen molar-refractivity contribution in [2.24, 2.45) is 11.8 Å². The van der Waals surface area contributed by atoms with Gasteiger partial charge in [0.05, 0.1) is 24.9 Å². The van der Waals surface area contributed by atoms with Crippen molar-refractivity contribution in [2.75, 3.05) is 31.6 Å². The van der Waals surface area contributed by atoms with Crippen LogP contribution in [0.1, 0.15) is 51.5 Å². The summed E-state index contributed by atoms with van der Waals surface area (Å²) in [6.07, 6.45) is 3.73. The van der Waals surface area contributed by atoms with Crippen LogP contribution in [0.4, 0.5) is 10.2 Å². The summed E-state index contributed by atoms with van der Waals surface area (Å²) >= 11 is 6.68. The van der Waals surface area contributed by atoms with Gasteiger partial charge in [0.1, 0.15) is 11.5 Å². The van der Waals surface area contributed by atoms with Gasteiger partial charge >= 0.3 is 0 Å². The minimum absolute atomic E-state index is 0.171. The normalized spacial score (nSPS) is 30.6. The van der Waals surface area contributed by atoms with E-state index in [1.54, 1.807) is 6.20 Å². The summed E-state index contributed by atoms with van der Waals surface area (Å²) < 4.78 is 19.6. The van der Waals surface area contributed by atoms with Crippen molar-refractivity contribution in [2.45, 2.75) is 63.3 Å². The van der Waals surface area contributed by atoms with Gasteiger partial charge in [-0.15, -0.1) is 0 Å². The van der Waals surface area contributed by atoms with Crippen molar-refractivity contribution in [3.8, 4) is 0 Å². The molecule has 1 aliphatic carbocycles. The van der Waals surface area contributed by atoms with Gasteiger partial charge in [0.25, 0.3) is 0 Å². The Balaban J connectivity index is 1.29. The molecule has 1 saturated carbocycles. The highest BCUT2D eigenvalue weighted by Gasteiger charge is 2.52. The van der Waals surface area contributed by atoms with Gasteiger partial charge in [0, 0.05) is 28.4 Å². The predicted octanol–water partition coefficient (Wildman–Crippen LogP) is 4.54. The van der Waals surface area contributed by atoms with E-state index >= 15 is 0 Å². The average Bonchev–Trinajstić information content (AvgIpc) is 3.54. The zero-order chi connectivity index (χ0) is 24.3. The standard InChI is InChI=1S/C26H33ClFN3O3/c1-25(2,28)20-11-19(20)24(33)30-23-10-16-8-18(21(27)9-17(16)12-29-23)15-4-6-31(7-5-15)26(3)14-34-13-22(26)32/h8-10,12,15,19-20,22,32H,4-7,11,13-14H2,1-3H3,(H,29,30,33). The SMILES string of the molecule is CC(C)(F)C1CC1C(=O)Nc1cc2cc(C3CCN(C4(C)COCC4O)CC3)c(Cl)cc2cn1. The van der Waals surface area contributed by atoms with Gasteiger partial charge < -0.3 is 15.2 Å². The molecule has 6 nitrogen and oxygen atoms in total. The molecule has 34 heavy (non-hydrogen) atoms. The Bertz CT molecular complexity index is 1100. The lowest BCUT2D eigenvalue weighted by molar-refractivity contribution is -0.118. The number of hydrogen-bond donors (Lipinski definition) is 2. The lowest BCUT2D eigenvalue weighted by Crippen LogP contribution is -2.56. The van der Waals surface area contributed by atoms with E-state index < -0.39 is 11.8 Å². The monoisotopic (exact) mass is 489 g/mol. The van der Waals surface area contributed by atoms with Crippen LogP contribution in [0.15, 0.2) is 24.4 Å². The van der Waals surface area contributed by atoms with Gasteiger partial charge in [-0.3, -0.25) is 9.69 Å². The minimum atomic E-state index is -1.35. The van der Waals surface area contributed by atoms with E-state index in [0.29, 0.717) is 31.4 Å². The first-order chi connectivity index (χ1) is 16.1. The maximum atomic E-state index is 14.1. The summed E-state index contributed by atoms with van der Waals surface area (Å²) in [6.45, 7) is 7.84. The molecule has 0 radical (unpaired) electrons. The number of anilines is 1. The van der Waals surface area contributed by atoms with Crippen LogP contribution in [-0.4, -0.2) is 64.5 Å². The number of hydrogen-bond acceptors (Lipinski definition) is 5. The topological polar surface area (TPSA) is 74.7 Å². The van der Waals surface area contributed by atoms with E-state index in [1.807, 2.05) is 12.1 Å². The Labute approximate surface area is 204 Å². The third-order valence-electron chi connectivity index (χ3n) is 8.14. The number of nitrogens with one attached hydrogen (secondary N) is 1. The van der Waals surface area contributed by atoms with Crippen LogP contribution >= 0.6 is 11.6 Å². The van der Waals surface area contributed by atoms with Gasteiger partial charge in [0.2, 0.25) is 5.91 Å². The second-order valence-electron chi connectivity index (χ2n) is 10.9. The number of benzene rings is 1. The second kappa shape index (κ2) is 8.70. The van der Waals surface area contributed by atoms with Crippen LogP contribution in [0.3, 0.4) is 0 Å². The minimum Gasteiger partial charge on any atom is -0.389 e. The molecule has 8 heteroatoms. The van der Waals surface area contributed by atoms with Crippen molar-refractivity contribution in [3.63, 3.8) is 0 Å². The number of carbonyl (C=O) groups excluding carboxylic acids is 1. The quantitative estimate of drug-likeness (QED) is 0.645. The zero-order valence-corrected chi connectivity index (χ0v) is 20.7. The van der Waals surface area contributed by atoms with Gasteiger partial charge in [-0.25, -0.2) is 9.37 Å². The zero-order valence-electron chi connectivity index (χ0n) is 20.0. The molecule has 1 aromatic carbocycles. The lowest BCUT2D eigenvalue weighted by atomic mass is 9.85. The number of aromatic nitrogens is 1. The lowest BCUT2D eigenvalue weighted by Gasteiger charge is -2.43. The van der Waals surface area contributed by atoms with Crippen LogP contribution in [0.2, 0.25) is 5.02 Å². The third kappa shape index (κ3) is 4.43. The van der Waals surface area contributed by atoms with Crippen molar-refractivity contribution < 1.29 is 19.0 Å². The number of likely N-dealkylation sites (tertiary alicyclic amines) is 1. The maximum Gasteiger partial charge on any atom is 0.229 e. The molecule has 4 unspecified atom stereocenters. The van der Waals surface area contributed by atoms with Gasteiger partial charge in [-0.2, -0.15) is 0 Å². The fourth-order valence-corrected chi connectivity index (χ4v) is 6.01. The Kier molecular flexibility index (Phi) is 6.12. The van der Waals surface area contributed by atoms with Crippen LogP contribution in [0, 0.1) is 11.8 Å². The first-order valence-electron chi connectivity index (χ1n) is 12.2. The fraction of sp³-hybridized carbons (Fsp3) is 0.615. The van der Waals surface area contributed by atoms with E-state index in [9.17, 15) is 14.3 Å². The molecule has 3 heterocycles. The number of alkyl halides is 1. The molecule has 1 amide bonds. The Morgan fingerprint density at radius 3 is 2.65 bits per heavy atom. The molecule has 2 aliphatic heterocycles. The molecule has 2 aromatic rings. The van der Waals surface area contributed by atoms with Crippen LogP contribution in [0.25, 0.3) is 10.8 Å². The maximum absolute atomic E-state index is 14.1. The largest absolute Gasteiger partial charge is 0.389 e. The Hall–Kier alpha value is -1.80. The Morgan fingerprint density at radius 2 is 2.03 bits per heavy atom. The van der Waals surface area contributed by atoms with E-state index in [1.165, 1.54) is 13.8 Å². The highest BCUT2D eigenvalue weighted by atomic mass is 35.5.